The maximum Gasteiger partial charge on any atom is 0.151 e. The molecule has 0 amide bonds. The van der Waals surface area contributed by atoms with Crippen LogP contribution in [-0.2, 0) is 0 Å². The van der Waals surface area contributed by atoms with Crippen molar-refractivity contribution in [3.63, 3.8) is 0 Å². The molecule has 0 saturated carbocycles. The fourth-order valence-electron chi connectivity index (χ4n) is 1.64. The van der Waals surface area contributed by atoms with Crippen molar-refractivity contribution in [2.45, 2.75) is 11.3 Å². The molecular formula is C13H11NS4. The number of hydrogen-bond acceptors (Lipinski definition) is 5. The molecule has 0 aliphatic carbocycles. The lowest BCUT2D eigenvalue weighted by Gasteiger charge is -1.95. The first-order valence-electron chi connectivity index (χ1n) is 5.60. The molecule has 3 aromatic rings. The third kappa shape index (κ3) is 2.40. The Labute approximate surface area is 123 Å². The van der Waals surface area contributed by atoms with Gasteiger partial charge in [-0.2, -0.15) is 0 Å². The number of nitrogens with zero attached hydrogens (tertiary/aromatic N) is 1. The van der Waals surface area contributed by atoms with Gasteiger partial charge in [0.05, 0.1) is 9.75 Å². The highest BCUT2D eigenvalue weighted by Crippen LogP contribution is 2.42. The normalized spacial score (nSPS) is 10.9. The first-order valence-corrected chi connectivity index (χ1v) is 9.16. The molecule has 0 aromatic carbocycles. The fourth-order valence-corrected chi connectivity index (χ4v) is 5.33. The summed E-state index contributed by atoms with van der Waals surface area (Å²) in [4.78, 5) is 8.69. The van der Waals surface area contributed by atoms with Crippen LogP contribution >= 0.6 is 45.8 Å². The van der Waals surface area contributed by atoms with Crippen LogP contribution in [0.2, 0.25) is 0 Å². The van der Waals surface area contributed by atoms with Crippen LogP contribution in [0.15, 0.2) is 39.4 Å². The summed E-state index contributed by atoms with van der Waals surface area (Å²) >= 11 is 7.17. The fraction of sp³-hybridized carbons (Fsp3) is 0.154. The SMILES string of the molecule is CCSc1nc(-c2cccs2)c(-c2cccs2)s1. The van der Waals surface area contributed by atoms with Gasteiger partial charge in [0.15, 0.2) is 4.34 Å². The van der Waals surface area contributed by atoms with Crippen LogP contribution in [-0.4, -0.2) is 10.7 Å². The molecule has 0 spiro atoms. The summed E-state index contributed by atoms with van der Waals surface area (Å²) in [6, 6.07) is 8.52. The van der Waals surface area contributed by atoms with E-state index in [-0.39, 0.29) is 0 Å². The van der Waals surface area contributed by atoms with Gasteiger partial charge in [0.1, 0.15) is 5.69 Å². The van der Waals surface area contributed by atoms with Crippen LogP contribution in [0.5, 0.6) is 0 Å². The molecule has 1 nitrogen and oxygen atoms in total. The van der Waals surface area contributed by atoms with Crippen LogP contribution < -0.4 is 0 Å². The summed E-state index contributed by atoms with van der Waals surface area (Å²) in [7, 11) is 0. The zero-order valence-corrected chi connectivity index (χ0v) is 13.0. The second kappa shape index (κ2) is 5.57. The number of aromatic nitrogens is 1. The van der Waals surface area contributed by atoms with Gasteiger partial charge in [-0.05, 0) is 28.6 Å². The van der Waals surface area contributed by atoms with E-state index in [1.165, 1.54) is 19.0 Å². The van der Waals surface area contributed by atoms with Gasteiger partial charge in [-0.3, -0.25) is 0 Å². The summed E-state index contributed by atoms with van der Waals surface area (Å²) in [5, 5.41) is 4.24. The summed E-state index contributed by atoms with van der Waals surface area (Å²) < 4.78 is 1.17. The van der Waals surface area contributed by atoms with Crippen molar-refractivity contribution < 1.29 is 0 Å². The van der Waals surface area contributed by atoms with E-state index in [0.717, 1.165) is 11.4 Å². The molecule has 3 heterocycles. The van der Waals surface area contributed by atoms with E-state index in [0.29, 0.717) is 0 Å². The van der Waals surface area contributed by atoms with Crippen molar-refractivity contribution >= 4 is 45.8 Å². The number of hydrogen-bond donors (Lipinski definition) is 0. The van der Waals surface area contributed by atoms with E-state index in [1.54, 1.807) is 22.7 Å². The summed E-state index contributed by atoms with van der Waals surface area (Å²) in [5.41, 5.74) is 1.15. The van der Waals surface area contributed by atoms with E-state index < -0.39 is 0 Å². The average Bonchev–Trinajstić information content (AvgIpc) is 3.11. The third-order valence-corrected chi connectivity index (χ3v) is 6.38. The lowest BCUT2D eigenvalue weighted by molar-refractivity contribution is 1.26. The van der Waals surface area contributed by atoms with Crippen molar-refractivity contribution in [2.75, 3.05) is 5.75 Å². The van der Waals surface area contributed by atoms with E-state index in [2.05, 4.69) is 41.9 Å². The van der Waals surface area contributed by atoms with Crippen molar-refractivity contribution in [1.29, 1.82) is 0 Å². The van der Waals surface area contributed by atoms with Gasteiger partial charge in [0.2, 0.25) is 0 Å². The van der Waals surface area contributed by atoms with Gasteiger partial charge >= 0.3 is 0 Å². The van der Waals surface area contributed by atoms with E-state index in [1.807, 2.05) is 23.1 Å². The van der Waals surface area contributed by atoms with Crippen LogP contribution in [0.4, 0.5) is 0 Å². The summed E-state index contributed by atoms with van der Waals surface area (Å²) in [6.07, 6.45) is 0. The molecule has 0 aliphatic rings. The Kier molecular flexibility index (Phi) is 3.84. The van der Waals surface area contributed by atoms with E-state index in [9.17, 15) is 0 Å². The van der Waals surface area contributed by atoms with E-state index >= 15 is 0 Å². The lowest BCUT2D eigenvalue weighted by atomic mass is 10.3. The van der Waals surface area contributed by atoms with Gasteiger partial charge < -0.3 is 0 Å². The molecule has 3 rings (SSSR count). The minimum absolute atomic E-state index is 1.07. The molecule has 18 heavy (non-hydrogen) atoms. The van der Waals surface area contributed by atoms with Crippen LogP contribution in [0, 0.1) is 0 Å². The lowest BCUT2D eigenvalue weighted by Crippen LogP contribution is -1.76. The molecular weight excluding hydrogens is 298 g/mol. The first kappa shape index (κ1) is 12.4. The molecule has 0 fully saturated rings. The summed E-state index contributed by atoms with van der Waals surface area (Å²) in [6.45, 7) is 2.17. The Morgan fingerprint density at radius 3 is 2.44 bits per heavy atom. The predicted molar refractivity (Wildman–Crippen MR) is 85.1 cm³/mol. The van der Waals surface area contributed by atoms with E-state index in [4.69, 9.17) is 4.98 Å². The molecule has 0 aliphatic heterocycles. The second-order valence-electron chi connectivity index (χ2n) is 3.55. The quantitative estimate of drug-likeness (QED) is 0.572. The maximum atomic E-state index is 4.80. The van der Waals surface area contributed by atoms with Gasteiger partial charge in [-0.25, -0.2) is 4.98 Å². The molecule has 0 radical (unpaired) electrons. The summed E-state index contributed by atoms with van der Waals surface area (Å²) in [5.74, 6) is 1.07. The Hall–Kier alpha value is -0.620. The maximum absolute atomic E-state index is 4.80. The van der Waals surface area contributed by atoms with Crippen LogP contribution in [0.3, 0.4) is 0 Å². The van der Waals surface area contributed by atoms with Gasteiger partial charge in [0, 0.05) is 4.88 Å². The Morgan fingerprint density at radius 1 is 1.11 bits per heavy atom. The molecule has 0 bridgehead atoms. The van der Waals surface area contributed by atoms with Crippen molar-refractivity contribution in [2.24, 2.45) is 0 Å². The minimum atomic E-state index is 1.07. The van der Waals surface area contributed by atoms with Crippen LogP contribution in [0.1, 0.15) is 6.92 Å². The number of rotatable bonds is 4. The Bertz CT molecular complexity index is 556. The first-order chi connectivity index (χ1) is 8.88. The number of thiazole rings is 1. The molecule has 3 aromatic heterocycles. The van der Waals surface area contributed by atoms with Gasteiger partial charge in [-0.15, -0.1) is 34.0 Å². The largest absolute Gasteiger partial charge is 0.228 e. The highest BCUT2D eigenvalue weighted by atomic mass is 32.2. The average molecular weight is 310 g/mol. The van der Waals surface area contributed by atoms with Crippen molar-refractivity contribution in [3.8, 4) is 20.3 Å². The second-order valence-corrected chi connectivity index (χ2v) is 7.95. The molecule has 0 atom stereocenters. The van der Waals surface area contributed by atoms with Crippen molar-refractivity contribution in [1.82, 2.24) is 4.98 Å². The highest BCUT2D eigenvalue weighted by Gasteiger charge is 2.16. The molecule has 0 unspecified atom stereocenters. The standard InChI is InChI=1S/C13H11NS4/c1-2-15-13-14-11(9-5-3-7-16-9)12(18-13)10-6-4-8-17-10/h3-8H,2H2,1H3. The van der Waals surface area contributed by atoms with Crippen LogP contribution in [0.25, 0.3) is 20.3 Å². The zero-order valence-electron chi connectivity index (χ0n) is 9.75. The smallest absolute Gasteiger partial charge is 0.151 e. The zero-order chi connectivity index (χ0) is 12.4. The molecule has 0 saturated heterocycles. The van der Waals surface area contributed by atoms with Gasteiger partial charge in [0.25, 0.3) is 0 Å². The third-order valence-electron chi connectivity index (χ3n) is 2.37. The predicted octanol–water partition coefficient (Wildman–Crippen LogP) is 5.71. The minimum Gasteiger partial charge on any atom is -0.228 e. The van der Waals surface area contributed by atoms with Crippen molar-refractivity contribution in [3.05, 3.63) is 35.0 Å². The topological polar surface area (TPSA) is 12.9 Å². The Morgan fingerprint density at radius 2 is 1.83 bits per heavy atom. The monoisotopic (exact) mass is 309 g/mol. The number of thiophene rings is 2. The highest BCUT2D eigenvalue weighted by molar-refractivity contribution is 8.01. The number of thioether (sulfide) groups is 1. The van der Waals surface area contributed by atoms with Gasteiger partial charge in [-0.1, -0.05) is 30.8 Å². The Balaban J connectivity index is 2.11. The molecule has 92 valence electrons. The molecule has 0 N–H and O–H groups in total. The molecule has 5 heteroatoms.